The summed E-state index contributed by atoms with van der Waals surface area (Å²) in [7, 11) is 0. The Hall–Kier alpha value is -3.36. The topological polar surface area (TPSA) is 143 Å². The zero-order valence-electron chi connectivity index (χ0n) is 12.0. The third-order valence-electron chi connectivity index (χ3n) is 3.04. The first kappa shape index (κ1) is 16.0. The molecule has 0 spiro atoms. The molecule has 2 rings (SSSR count). The Kier molecular flexibility index (Phi) is 4.92. The molecule has 9 nitrogen and oxygen atoms in total. The van der Waals surface area contributed by atoms with Crippen LogP contribution < -0.4 is 22.4 Å². The molecule has 1 aromatic heterocycles. The standard InChI is InChI=1S/C14H15N5O4/c15-13(22)18-16-8-10-11(20)17-14(23)19(12(10)21)7-6-9-4-2-1-3-5-9/h1-5,8,21H,6-7H2,(H3,15,18,22)(H,17,20,23). The summed E-state index contributed by atoms with van der Waals surface area (Å²) in [4.78, 5) is 36.1. The van der Waals surface area contributed by atoms with Gasteiger partial charge in [0.15, 0.2) is 0 Å². The second kappa shape index (κ2) is 7.07. The minimum absolute atomic E-state index is 0.162. The maximum absolute atomic E-state index is 11.8. The molecule has 0 aliphatic rings. The van der Waals surface area contributed by atoms with Crippen LogP contribution in [0.5, 0.6) is 5.88 Å². The van der Waals surface area contributed by atoms with E-state index in [1.54, 1.807) is 0 Å². The first-order valence-electron chi connectivity index (χ1n) is 6.67. The highest BCUT2D eigenvalue weighted by Gasteiger charge is 2.12. The zero-order valence-corrected chi connectivity index (χ0v) is 12.0. The van der Waals surface area contributed by atoms with Crippen molar-refractivity contribution in [1.82, 2.24) is 15.0 Å². The third-order valence-corrected chi connectivity index (χ3v) is 3.04. The number of rotatable bonds is 5. The van der Waals surface area contributed by atoms with Gasteiger partial charge >= 0.3 is 11.7 Å². The van der Waals surface area contributed by atoms with E-state index >= 15 is 0 Å². The van der Waals surface area contributed by atoms with Crippen molar-refractivity contribution < 1.29 is 9.90 Å². The summed E-state index contributed by atoms with van der Waals surface area (Å²) >= 11 is 0. The second-order valence-electron chi connectivity index (χ2n) is 4.62. The number of aryl methyl sites for hydroxylation is 1. The Balaban J connectivity index is 2.29. The van der Waals surface area contributed by atoms with Crippen LogP contribution in [-0.4, -0.2) is 26.9 Å². The van der Waals surface area contributed by atoms with E-state index in [1.165, 1.54) is 0 Å². The highest BCUT2D eigenvalue weighted by atomic mass is 16.3. The molecule has 1 aromatic carbocycles. The summed E-state index contributed by atoms with van der Waals surface area (Å²) in [6.45, 7) is 0.162. The number of primary amides is 1. The summed E-state index contributed by atoms with van der Waals surface area (Å²) in [6, 6.07) is 8.43. The number of nitrogens with two attached hydrogens (primary N) is 1. The van der Waals surface area contributed by atoms with E-state index in [4.69, 9.17) is 5.73 Å². The van der Waals surface area contributed by atoms with Crippen LogP contribution in [0.25, 0.3) is 0 Å². The van der Waals surface area contributed by atoms with E-state index < -0.39 is 23.2 Å². The molecule has 0 bridgehead atoms. The fourth-order valence-corrected chi connectivity index (χ4v) is 1.94. The number of hydrogen-bond acceptors (Lipinski definition) is 5. The molecule has 0 aliphatic heterocycles. The lowest BCUT2D eigenvalue weighted by atomic mass is 10.1. The van der Waals surface area contributed by atoms with E-state index in [1.807, 2.05) is 35.8 Å². The lowest BCUT2D eigenvalue weighted by molar-refractivity contribution is 0.249. The van der Waals surface area contributed by atoms with Crippen molar-refractivity contribution in [2.45, 2.75) is 13.0 Å². The van der Waals surface area contributed by atoms with E-state index in [0.29, 0.717) is 6.42 Å². The second-order valence-corrected chi connectivity index (χ2v) is 4.62. The third kappa shape index (κ3) is 4.06. The highest BCUT2D eigenvalue weighted by molar-refractivity contribution is 5.83. The Morgan fingerprint density at radius 3 is 2.70 bits per heavy atom. The number of aromatic nitrogens is 2. The molecule has 0 fully saturated rings. The van der Waals surface area contributed by atoms with Gasteiger partial charge in [-0.1, -0.05) is 30.3 Å². The Bertz CT molecular complexity index is 838. The SMILES string of the molecule is NC(=O)NN=Cc1c(O)n(CCc2ccccc2)c(=O)[nH]c1=O. The molecule has 9 heteroatoms. The van der Waals surface area contributed by atoms with Crippen molar-refractivity contribution in [1.29, 1.82) is 0 Å². The molecular weight excluding hydrogens is 302 g/mol. The van der Waals surface area contributed by atoms with Crippen LogP contribution in [0.15, 0.2) is 45.0 Å². The lowest BCUT2D eigenvalue weighted by Crippen LogP contribution is -2.33. The number of benzene rings is 1. The van der Waals surface area contributed by atoms with Crippen LogP contribution in [0.2, 0.25) is 0 Å². The largest absolute Gasteiger partial charge is 0.494 e. The van der Waals surface area contributed by atoms with E-state index in [0.717, 1.165) is 16.3 Å². The summed E-state index contributed by atoms with van der Waals surface area (Å²) < 4.78 is 1.01. The van der Waals surface area contributed by atoms with Gasteiger partial charge in [-0.15, -0.1) is 0 Å². The number of nitrogens with one attached hydrogen (secondary N) is 2. The van der Waals surface area contributed by atoms with Gasteiger partial charge in [-0.25, -0.2) is 15.0 Å². The highest BCUT2D eigenvalue weighted by Crippen LogP contribution is 2.09. The van der Waals surface area contributed by atoms with Gasteiger partial charge < -0.3 is 10.8 Å². The summed E-state index contributed by atoms with van der Waals surface area (Å²) in [5, 5.41) is 13.5. The molecule has 0 unspecified atom stereocenters. The maximum Gasteiger partial charge on any atom is 0.332 e. The van der Waals surface area contributed by atoms with Gasteiger partial charge in [0.1, 0.15) is 5.56 Å². The predicted octanol–water partition coefficient (Wildman–Crippen LogP) is -0.513. The lowest BCUT2D eigenvalue weighted by Gasteiger charge is -2.09. The average molecular weight is 317 g/mol. The van der Waals surface area contributed by atoms with Crippen molar-refractivity contribution in [3.63, 3.8) is 0 Å². The van der Waals surface area contributed by atoms with Gasteiger partial charge in [-0.2, -0.15) is 5.10 Å². The van der Waals surface area contributed by atoms with Crippen LogP contribution in [0.3, 0.4) is 0 Å². The molecule has 2 amide bonds. The van der Waals surface area contributed by atoms with Gasteiger partial charge in [0.05, 0.1) is 6.21 Å². The van der Waals surface area contributed by atoms with Crippen molar-refractivity contribution in [3.8, 4) is 5.88 Å². The van der Waals surface area contributed by atoms with Crippen LogP contribution in [0.4, 0.5) is 4.79 Å². The van der Waals surface area contributed by atoms with E-state index in [2.05, 4.69) is 10.1 Å². The van der Waals surface area contributed by atoms with Gasteiger partial charge in [0.25, 0.3) is 5.56 Å². The molecule has 1 heterocycles. The number of aromatic hydroxyl groups is 1. The van der Waals surface area contributed by atoms with Gasteiger partial charge in [-0.3, -0.25) is 14.3 Å². The number of hydrogen-bond donors (Lipinski definition) is 4. The fourth-order valence-electron chi connectivity index (χ4n) is 1.94. The number of carbonyl (C=O) groups is 1. The van der Waals surface area contributed by atoms with Crippen molar-refractivity contribution in [3.05, 3.63) is 62.3 Å². The Morgan fingerprint density at radius 2 is 2.04 bits per heavy atom. The minimum atomic E-state index is -0.922. The van der Waals surface area contributed by atoms with Crippen LogP contribution in [-0.2, 0) is 13.0 Å². The zero-order chi connectivity index (χ0) is 16.8. The first-order chi connectivity index (χ1) is 11.0. The molecule has 0 radical (unpaired) electrons. The molecule has 23 heavy (non-hydrogen) atoms. The summed E-state index contributed by atoms with van der Waals surface area (Å²) in [6.07, 6.45) is 1.40. The molecule has 0 saturated heterocycles. The first-order valence-corrected chi connectivity index (χ1v) is 6.67. The van der Waals surface area contributed by atoms with Gasteiger partial charge in [-0.05, 0) is 12.0 Å². The molecule has 120 valence electrons. The summed E-state index contributed by atoms with van der Waals surface area (Å²) in [5.74, 6) is -0.537. The Morgan fingerprint density at radius 1 is 1.35 bits per heavy atom. The number of aromatic amines is 1. The van der Waals surface area contributed by atoms with Gasteiger partial charge in [0, 0.05) is 6.54 Å². The number of hydrazone groups is 1. The molecular formula is C14H15N5O4. The van der Waals surface area contributed by atoms with Crippen molar-refractivity contribution in [2.75, 3.05) is 0 Å². The molecule has 0 atom stereocenters. The number of H-pyrrole nitrogens is 1. The van der Waals surface area contributed by atoms with Crippen molar-refractivity contribution in [2.24, 2.45) is 10.8 Å². The number of amides is 2. The van der Waals surface area contributed by atoms with Gasteiger partial charge in [0.2, 0.25) is 5.88 Å². The number of urea groups is 1. The average Bonchev–Trinajstić information content (AvgIpc) is 2.51. The molecule has 0 aliphatic carbocycles. The van der Waals surface area contributed by atoms with Crippen LogP contribution >= 0.6 is 0 Å². The fraction of sp³-hybridized carbons (Fsp3) is 0.143. The monoisotopic (exact) mass is 317 g/mol. The maximum atomic E-state index is 11.8. The smallest absolute Gasteiger partial charge is 0.332 e. The Labute approximate surface area is 130 Å². The predicted molar refractivity (Wildman–Crippen MR) is 83.4 cm³/mol. The minimum Gasteiger partial charge on any atom is -0.494 e. The van der Waals surface area contributed by atoms with Crippen molar-refractivity contribution >= 4 is 12.2 Å². The molecule has 0 saturated carbocycles. The number of carbonyl (C=O) groups excluding carboxylic acids is 1. The molecule has 2 aromatic rings. The van der Waals surface area contributed by atoms with E-state index in [-0.39, 0.29) is 12.1 Å². The molecule has 5 N–H and O–H groups in total. The quantitative estimate of drug-likeness (QED) is 0.435. The van der Waals surface area contributed by atoms with E-state index in [9.17, 15) is 19.5 Å². The summed E-state index contributed by atoms with van der Waals surface area (Å²) in [5.41, 5.74) is 5.89. The van der Waals surface area contributed by atoms with Crippen LogP contribution in [0.1, 0.15) is 11.1 Å². The number of nitrogens with zero attached hydrogens (tertiary/aromatic N) is 2. The normalized spacial score (nSPS) is 10.8. The van der Waals surface area contributed by atoms with Crippen LogP contribution in [0, 0.1) is 0 Å².